The average molecular weight is 334 g/mol. The molecule has 4 N–H and O–H groups in total. The summed E-state index contributed by atoms with van der Waals surface area (Å²) in [5.41, 5.74) is 6.21. The molecule has 0 aliphatic carbocycles. The number of nitrogens with one attached hydrogen (secondary N) is 2. The van der Waals surface area contributed by atoms with E-state index in [2.05, 4.69) is 10.0 Å². The van der Waals surface area contributed by atoms with E-state index in [1.165, 1.54) is 12.1 Å². The van der Waals surface area contributed by atoms with E-state index < -0.39 is 10.0 Å². The maximum Gasteiger partial charge on any atom is 0.242 e. The predicted molar refractivity (Wildman–Crippen MR) is 82.4 cm³/mol. The second-order valence-electron chi connectivity index (χ2n) is 4.84. The summed E-state index contributed by atoms with van der Waals surface area (Å²) in [6, 6.07) is 4.54. The number of carbonyl (C=O) groups excluding carboxylic acids is 1. The number of sulfonamides is 1. The van der Waals surface area contributed by atoms with Crippen molar-refractivity contribution in [1.82, 2.24) is 10.0 Å². The van der Waals surface area contributed by atoms with Crippen LogP contribution in [0.5, 0.6) is 0 Å². The lowest BCUT2D eigenvalue weighted by atomic mass is 10.2. The van der Waals surface area contributed by atoms with Gasteiger partial charge in [-0.25, -0.2) is 13.1 Å². The molecule has 21 heavy (non-hydrogen) atoms. The van der Waals surface area contributed by atoms with Gasteiger partial charge in [0.2, 0.25) is 15.9 Å². The SMILES string of the molecule is CC(C)NC(=O)CCNS(=O)(=O)c1ccc(CN)cc1Cl. The fourth-order valence-electron chi connectivity index (χ4n) is 1.66. The zero-order valence-corrected chi connectivity index (χ0v) is 13.6. The lowest BCUT2D eigenvalue weighted by molar-refractivity contribution is -0.121. The third kappa shape index (κ3) is 5.62. The first-order chi connectivity index (χ1) is 9.76. The number of hydrogen-bond acceptors (Lipinski definition) is 4. The van der Waals surface area contributed by atoms with E-state index in [1.54, 1.807) is 6.07 Å². The van der Waals surface area contributed by atoms with E-state index in [0.717, 1.165) is 5.56 Å². The van der Waals surface area contributed by atoms with Gasteiger partial charge < -0.3 is 11.1 Å². The van der Waals surface area contributed by atoms with Gasteiger partial charge in [0.1, 0.15) is 4.90 Å². The van der Waals surface area contributed by atoms with Gasteiger partial charge in [-0.3, -0.25) is 4.79 Å². The highest BCUT2D eigenvalue weighted by Crippen LogP contribution is 2.22. The first kappa shape index (κ1) is 17.9. The van der Waals surface area contributed by atoms with E-state index in [0.29, 0.717) is 0 Å². The maximum atomic E-state index is 12.1. The van der Waals surface area contributed by atoms with Crippen LogP contribution in [0.3, 0.4) is 0 Å². The Morgan fingerprint density at radius 2 is 2.05 bits per heavy atom. The molecule has 0 saturated carbocycles. The van der Waals surface area contributed by atoms with E-state index >= 15 is 0 Å². The fraction of sp³-hybridized carbons (Fsp3) is 0.462. The lowest BCUT2D eigenvalue weighted by Gasteiger charge is -2.10. The Balaban J connectivity index is 2.68. The zero-order valence-electron chi connectivity index (χ0n) is 12.0. The van der Waals surface area contributed by atoms with Crippen LogP contribution < -0.4 is 15.8 Å². The monoisotopic (exact) mass is 333 g/mol. The molecule has 0 radical (unpaired) electrons. The van der Waals surface area contributed by atoms with Crippen molar-refractivity contribution in [3.05, 3.63) is 28.8 Å². The number of nitrogens with two attached hydrogens (primary N) is 1. The predicted octanol–water partition coefficient (Wildman–Crippen LogP) is 0.992. The number of carbonyl (C=O) groups is 1. The molecular formula is C13H20ClN3O3S. The van der Waals surface area contributed by atoms with Gasteiger partial charge in [-0.1, -0.05) is 17.7 Å². The van der Waals surface area contributed by atoms with Gasteiger partial charge in [0.05, 0.1) is 5.02 Å². The van der Waals surface area contributed by atoms with Crippen molar-refractivity contribution >= 4 is 27.5 Å². The highest BCUT2D eigenvalue weighted by molar-refractivity contribution is 7.89. The van der Waals surface area contributed by atoms with E-state index in [4.69, 9.17) is 17.3 Å². The number of benzene rings is 1. The van der Waals surface area contributed by atoms with Gasteiger partial charge in [-0.05, 0) is 31.5 Å². The molecular weight excluding hydrogens is 314 g/mol. The molecule has 0 fully saturated rings. The molecule has 0 aliphatic rings. The Morgan fingerprint density at radius 3 is 2.57 bits per heavy atom. The highest BCUT2D eigenvalue weighted by Gasteiger charge is 2.18. The molecule has 0 aliphatic heterocycles. The molecule has 6 nitrogen and oxygen atoms in total. The van der Waals surface area contributed by atoms with Crippen LogP contribution in [0.25, 0.3) is 0 Å². The zero-order chi connectivity index (χ0) is 16.0. The van der Waals surface area contributed by atoms with Crippen LogP contribution in [0, 0.1) is 0 Å². The van der Waals surface area contributed by atoms with Crippen LogP contribution >= 0.6 is 11.6 Å². The van der Waals surface area contributed by atoms with E-state index in [-0.39, 0.29) is 41.4 Å². The van der Waals surface area contributed by atoms with Gasteiger partial charge in [0, 0.05) is 25.6 Å². The molecule has 0 heterocycles. The summed E-state index contributed by atoms with van der Waals surface area (Å²) in [5, 5.41) is 2.79. The summed E-state index contributed by atoms with van der Waals surface area (Å²) >= 11 is 5.95. The van der Waals surface area contributed by atoms with Gasteiger partial charge >= 0.3 is 0 Å². The Bertz CT molecular complexity index is 603. The number of rotatable bonds is 7. The molecule has 0 atom stereocenters. The third-order valence-corrected chi connectivity index (χ3v) is 4.56. The fourth-order valence-corrected chi connectivity index (χ4v) is 3.26. The van der Waals surface area contributed by atoms with Crippen LogP contribution in [-0.2, 0) is 21.4 Å². The molecule has 0 unspecified atom stereocenters. The topological polar surface area (TPSA) is 101 Å². The minimum atomic E-state index is -3.74. The number of amides is 1. The van der Waals surface area contributed by atoms with E-state index in [1.807, 2.05) is 13.8 Å². The minimum Gasteiger partial charge on any atom is -0.354 e. The summed E-state index contributed by atoms with van der Waals surface area (Å²) in [7, 11) is -3.74. The van der Waals surface area contributed by atoms with Crippen LogP contribution in [0.15, 0.2) is 23.1 Å². The van der Waals surface area contributed by atoms with Crippen molar-refractivity contribution in [3.8, 4) is 0 Å². The summed E-state index contributed by atoms with van der Waals surface area (Å²) in [6.07, 6.45) is 0.0654. The Morgan fingerprint density at radius 1 is 1.38 bits per heavy atom. The van der Waals surface area contributed by atoms with Crippen LogP contribution in [0.2, 0.25) is 5.02 Å². The second-order valence-corrected chi connectivity index (χ2v) is 6.98. The van der Waals surface area contributed by atoms with Crippen molar-refractivity contribution in [1.29, 1.82) is 0 Å². The molecule has 1 rings (SSSR count). The molecule has 1 aromatic carbocycles. The van der Waals surface area contributed by atoms with Crippen LogP contribution in [0.4, 0.5) is 0 Å². The largest absolute Gasteiger partial charge is 0.354 e. The van der Waals surface area contributed by atoms with Gasteiger partial charge in [-0.15, -0.1) is 0 Å². The van der Waals surface area contributed by atoms with E-state index in [9.17, 15) is 13.2 Å². The average Bonchev–Trinajstić information content (AvgIpc) is 2.36. The minimum absolute atomic E-state index is 0.00978. The molecule has 0 bridgehead atoms. The first-order valence-electron chi connectivity index (χ1n) is 6.54. The maximum absolute atomic E-state index is 12.1. The second kappa shape index (κ2) is 7.74. The lowest BCUT2D eigenvalue weighted by Crippen LogP contribution is -2.34. The standard InChI is InChI=1S/C13H20ClN3O3S/c1-9(2)17-13(18)5-6-16-21(19,20)12-4-3-10(8-15)7-11(12)14/h3-4,7,9,16H,5-6,8,15H2,1-2H3,(H,17,18). The first-order valence-corrected chi connectivity index (χ1v) is 8.40. The molecule has 1 aromatic rings. The molecule has 118 valence electrons. The van der Waals surface area contributed by atoms with Crippen molar-refractivity contribution in [2.45, 2.75) is 37.8 Å². The molecule has 1 amide bonds. The normalized spacial score (nSPS) is 11.7. The summed E-state index contributed by atoms with van der Waals surface area (Å²) < 4.78 is 26.5. The van der Waals surface area contributed by atoms with Crippen molar-refractivity contribution < 1.29 is 13.2 Å². The smallest absolute Gasteiger partial charge is 0.242 e. The summed E-state index contributed by atoms with van der Waals surface area (Å²) in [5.74, 6) is -0.211. The highest BCUT2D eigenvalue weighted by atomic mass is 35.5. The van der Waals surface area contributed by atoms with Crippen LogP contribution in [0.1, 0.15) is 25.8 Å². The van der Waals surface area contributed by atoms with Crippen LogP contribution in [-0.4, -0.2) is 26.9 Å². The van der Waals surface area contributed by atoms with Crippen molar-refractivity contribution in [2.24, 2.45) is 5.73 Å². The van der Waals surface area contributed by atoms with Crippen molar-refractivity contribution in [2.75, 3.05) is 6.54 Å². The Kier molecular flexibility index (Phi) is 6.60. The third-order valence-electron chi connectivity index (χ3n) is 2.62. The summed E-state index contributed by atoms with van der Waals surface area (Å²) in [4.78, 5) is 11.4. The quantitative estimate of drug-likeness (QED) is 0.692. The Labute approximate surface area is 130 Å². The molecule has 0 saturated heterocycles. The van der Waals surface area contributed by atoms with Gasteiger partial charge in [0.25, 0.3) is 0 Å². The van der Waals surface area contributed by atoms with Gasteiger partial charge in [-0.2, -0.15) is 0 Å². The van der Waals surface area contributed by atoms with Gasteiger partial charge in [0.15, 0.2) is 0 Å². The number of hydrogen-bond donors (Lipinski definition) is 3. The Hall–Kier alpha value is -1.15. The van der Waals surface area contributed by atoms with Crippen molar-refractivity contribution in [3.63, 3.8) is 0 Å². The molecule has 0 aromatic heterocycles. The summed E-state index contributed by atoms with van der Waals surface area (Å²) in [6.45, 7) is 3.96. The molecule has 8 heteroatoms. The number of halogens is 1. The molecule has 0 spiro atoms.